The molecule has 27 heavy (non-hydrogen) atoms. The zero-order valence-corrected chi connectivity index (χ0v) is 14.9. The minimum Gasteiger partial charge on any atom is -0.493 e. The number of fused-ring (bicyclic) bond motifs is 1. The summed E-state index contributed by atoms with van der Waals surface area (Å²) in [6.07, 6.45) is 3.09. The first-order valence-corrected chi connectivity index (χ1v) is 8.77. The molecule has 3 aromatic rings. The van der Waals surface area contributed by atoms with Gasteiger partial charge in [-0.3, -0.25) is 10.1 Å². The lowest BCUT2D eigenvalue weighted by Crippen LogP contribution is -2.04. The third-order valence-electron chi connectivity index (χ3n) is 4.74. The highest BCUT2D eigenvalue weighted by atomic mass is 16.6. The summed E-state index contributed by atoms with van der Waals surface area (Å²) in [7, 11) is 1.47. The van der Waals surface area contributed by atoms with Crippen LogP contribution in [-0.4, -0.2) is 21.8 Å². The lowest BCUT2D eigenvalue weighted by molar-refractivity contribution is -0.385. The largest absolute Gasteiger partial charge is 0.493 e. The Kier molecular flexibility index (Phi) is 4.50. The van der Waals surface area contributed by atoms with Crippen molar-refractivity contribution in [3.05, 3.63) is 75.6 Å². The van der Waals surface area contributed by atoms with E-state index in [9.17, 15) is 10.1 Å². The highest BCUT2D eigenvalue weighted by Gasteiger charge is 2.23. The van der Waals surface area contributed by atoms with Gasteiger partial charge < -0.3 is 9.47 Å². The van der Waals surface area contributed by atoms with Crippen LogP contribution in [0, 0.1) is 10.1 Å². The van der Waals surface area contributed by atoms with Gasteiger partial charge >= 0.3 is 0 Å². The van der Waals surface area contributed by atoms with E-state index in [0.29, 0.717) is 11.5 Å². The van der Waals surface area contributed by atoms with Crippen LogP contribution in [-0.2, 0) is 19.4 Å². The van der Waals surface area contributed by atoms with Crippen molar-refractivity contribution in [1.29, 1.82) is 0 Å². The number of ether oxygens (including phenoxy) is 2. The van der Waals surface area contributed by atoms with Crippen LogP contribution in [0.2, 0.25) is 0 Å². The Morgan fingerprint density at radius 1 is 1.15 bits per heavy atom. The van der Waals surface area contributed by atoms with Crippen LogP contribution >= 0.6 is 0 Å². The van der Waals surface area contributed by atoms with Gasteiger partial charge in [0.25, 0.3) is 5.69 Å². The van der Waals surface area contributed by atoms with Crippen LogP contribution in [0.25, 0.3) is 5.69 Å². The number of nitro groups is 1. The second-order valence-electron chi connectivity index (χ2n) is 6.35. The Balaban J connectivity index is 1.60. The summed E-state index contributed by atoms with van der Waals surface area (Å²) in [6.45, 7) is 0.288. The molecule has 0 N–H and O–H groups in total. The summed E-state index contributed by atoms with van der Waals surface area (Å²) >= 11 is 0. The summed E-state index contributed by atoms with van der Waals surface area (Å²) in [5.74, 6) is 0.799. The van der Waals surface area contributed by atoms with Gasteiger partial charge in [0, 0.05) is 17.3 Å². The van der Waals surface area contributed by atoms with E-state index in [1.165, 1.54) is 30.5 Å². The molecule has 0 unspecified atom stereocenters. The van der Waals surface area contributed by atoms with Crippen LogP contribution in [0.4, 0.5) is 5.69 Å². The molecule has 7 heteroatoms. The van der Waals surface area contributed by atoms with Crippen molar-refractivity contribution < 1.29 is 14.4 Å². The molecule has 0 saturated carbocycles. The number of methoxy groups -OCH3 is 1. The molecule has 1 heterocycles. The number of hydrogen-bond donors (Lipinski definition) is 0. The summed E-state index contributed by atoms with van der Waals surface area (Å²) in [4.78, 5) is 10.5. The van der Waals surface area contributed by atoms with E-state index >= 15 is 0 Å². The number of non-ortho nitro benzene ring substituents is 1. The first-order valence-electron chi connectivity index (χ1n) is 8.77. The third kappa shape index (κ3) is 3.23. The fourth-order valence-corrected chi connectivity index (χ4v) is 3.45. The van der Waals surface area contributed by atoms with Gasteiger partial charge in [-0.25, -0.2) is 4.68 Å². The molecule has 0 saturated heterocycles. The van der Waals surface area contributed by atoms with Crippen LogP contribution < -0.4 is 9.47 Å². The molecule has 0 bridgehead atoms. The molecule has 0 fully saturated rings. The fourth-order valence-electron chi connectivity index (χ4n) is 3.45. The smallest absolute Gasteiger partial charge is 0.273 e. The van der Waals surface area contributed by atoms with Crippen LogP contribution in [0.3, 0.4) is 0 Å². The van der Waals surface area contributed by atoms with Gasteiger partial charge in [-0.05, 0) is 37.5 Å². The predicted octanol–water partition coefficient (Wildman–Crippen LogP) is 3.86. The van der Waals surface area contributed by atoms with Gasteiger partial charge in [-0.2, -0.15) is 5.10 Å². The van der Waals surface area contributed by atoms with Gasteiger partial charge in [-0.15, -0.1) is 0 Å². The van der Waals surface area contributed by atoms with Crippen molar-refractivity contribution >= 4 is 5.69 Å². The second-order valence-corrected chi connectivity index (χ2v) is 6.35. The average molecular weight is 365 g/mol. The van der Waals surface area contributed by atoms with Gasteiger partial charge in [0.05, 0.1) is 23.8 Å². The summed E-state index contributed by atoms with van der Waals surface area (Å²) in [6, 6.07) is 14.4. The minimum atomic E-state index is -0.458. The number of aromatic nitrogens is 2. The Labute approximate surface area is 156 Å². The Morgan fingerprint density at radius 3 is 2.70 bits per heavy atom. The second kappa shape index (κ2) is 7.11. The maximum absolute atomic E-state index is 10.9. The molecule has 0 radical (unpaired) electrons. The maximum atomic E-state index is 10.9. The number of benzene rings is 2. The average Bonchev–Trinajstić information content (AvgIpc) is 3.30. The summed E-state index contributed by atoms with van der Waals surface area (Å²) in [5.41, 5.74) is 4.37. The van der Waals surface area contributed by atoms with E-state index in [-0.39, 0.29) is 12.3 Å². The van der Waals surface area contributed by atoms with Gasteiger partial charge in [-0.1, -0.05) is 18.2 Å². The SMILES string of the molecule is COc1cc([N+](=O)[O-])ccc1OCc1nn(-c2ccccc2)c2c1CCC2. The van der Waals surface area contributed by atoms with E-state index in [0.717, 1.165) is 30.6 Å². The van der Waals surface area contributed by atoms with E-state index in [1.54, 1.807) is 6.07 Å². The lowest BCUT2D eigenvalue weighted by Gasteiger charge is -2.10. The normalized spacial score (nSPS) is 12.6. The van der Waals surface area contributed by atoms with E-state index < -0.39 is 4.92 Å². The number of nitro benzene ring substituents is 1. The third-order valence-corrected chi connectivity index (χ3v) is 4.74. The molecule has 7 nitrogen and oxygen atoms in total. The Hall–Kier alpha value is -3.35. The molecule has 1 aliphatic rings. The van der Waals surface area contributed by atoms with E-state index in [4.69, 9.17) is 14.6 Å². The molecule has 138 valence electrons. The summed E-state index contributed by atoms with van der Waals surface area (Å²) in [5, 5.41) is 15.7. The van der Waals surface area contributed by atoms with Crippen molar-refractivity contribution in [1.82, 2.24) is 9.78 Å². The number of hydrogen-bond acceptors (Lipinski definition) is 5. The van der Waals surface area contributed by atoms with Crippen molar-refractivity contribution in [2.75, 3.05) is 7.11 Å². The van der Waals surface area contributed by atoms with Crippen molar-refractivity contribution in [3.63, 3.8) is 0 Å². The topological polar surface area (TPSA) is 79.4 Å². The van der Waals surface area contributed by atoms with Gasteiger partial charge in [0.2, 0.25) is 0 Å². The van der Waals surface area contributed by atoms with Crippen molar-refractivity contribution in [2.45, 2.75) is 25.9 Å². The van der Waals surface area contributed by atoms with Gasteiger partial charge in [0.15, 0.2) is 11.5 Å². The monoisotopic (exact) mass is 365 g/mol. The zero-order chi connectivity index (χ0) is 18.8. The Morgan fingerprint density at radius 2 is 1.96 bits per heavy atom. The molecular formula is C20H19N3O4. The molecule has 0 atom stereocenters. The molecule has 0 amide bonds. The van der Waals surface area contributed by atoms with E-state index in [2.05, 4.69) is 0 Å². The first-order chi connectivity index (χ1) is 13.2. The Bertz CT molecular complexity index is 982. The number of para-hydroxylation sites is 1. The van der Waals surface area contributed by atoms with Crippen LogP contribution in [0.5, 0.6) is 11.5 Å². The highest BCUT2D eigenvalue weighted by Crippen LogP contribution is 2.33. The molecule has 2 aromatic carbocycles. The molecule has 0 spiro atoms. The van der Waals surface area contributed by atoms with Gasteiger partial charge in [0.1, 0.15) is 12.3 Å². The number of nitrogens with zero attached hydrogens (tertiary/aromatic N) is 3. The predicted molar refractivity (Wildman–Crippen MR) is 99.6 cm³/mol. The molecule has 1 aromatic heterocycles. The molecular weight excluding hydrogens is 346 g/mol. The maximum Gasteiger partial charge on any atom is 0.273 e. The highest BCUT2D eigenvalue weighted by molar-refractivity contribution is 5.48. The lowest BCUT2D eigenvalue weighted by atomic mass is 10.2. The van der Waals surface area contributed by atoms with Crippen molar-refractivity contribution in [3.8, 4) is 17.2 Å². The number of rotatable bonds is 6. The van der Waals surface area contributed by atoms with Crippen LogP contribution in [0.15, 0.2) is 48.5 Å². The molecule has 4 rings (SSSR count). The molecule has 0 aliphatic heterocycles. The van der Waals surface area contributed by atoms with Crippen LogP contribution in [0.1, 0.15) is 23.4 Å². The fraction of sp³-hybridized carbons (Fsp3) is 0.250. The first kappa shape index (κ1) is 17.1. The van der Waals surface area contributed by atoms with E-state index in [1.807, 2.05) is 35.0 Å². The zero-order valence-electron chi connectivity index (χ0n) is 14.9. The van der Waals surface area contributed by atoms with Crippen molar-refractivity contribution in [2.24, 2.45) is 0 Å². The standard InChI is InChI=1S/C20H19N3O4/c1-26-20-12-15(23(24)25)10-11-19(20)27-13-17-16-8-5-9-18(16)22(21-17)14-6-3-2-4-7-14/h2-4,6-7,10-12H,5,8-9,13H2,1H3. The minimum absolute atomic E-state index is 0.0338. The molecule has 1 aliphatic carbocycles. The quantitative estimate of drug-likeness (QED) is 0.489. The summed E-state index contributed by atoms with van der Waals surface area (Å²) < 4.78 is 13.1.